The van der Waals surface area contributed by atoms with Crippen LogP contribution in [0.3, 0.4) is 0 Å². The lowest BCUT2D eigenvalue weighted by atomic mass is 10.2. The van der Waals surface area contributed by atoms with Crippen LogP contribution in [0.1, 0.15) is 11.5 Å². The lowest BCUT2D eigenvalue weighted by molar-refractivity contribution is -0.855. The number of ether oxygens (including phenoxy) is 1. The summed E-state index contributed by atoms with van der Waals surface area (Å²) in [4.78, 5) is 26.8. The summed E-state index contributed by atoms with van der Waals surface area (Å²) in [7, 11) is 1.48. The minimum Gasteiger partial charge on any atom is -0.497 e. The van der Waals surface area contributed by atoms with Crippen LogP contribution in [0.2, 0.25) is 0 Å². The van der Waals surface area contributed by atoms with Crippen molar-refractivity contribution in [2.45, 2.75) is 19.0 Å². The number of nitrogens with one attached hydrogen (secondary N) is 1. The maximum absolute atomic E-state index is 12.6. The highest BCUT2D eigenvalue weighted by atomic mass is 19.4. The zero-order valence-corrected chi connectivity index (χ0v) is 14.1. The number of alkyl halides is 3. The minimum absolute atomic E-state index is 0.182. The first-order valence-electron chi connectivity index (χ1n) is 7.75. The molecule has 0 fully saturated rings. The van der Waals surface area contributed by atoms with E-state index in [1.165, 1.54) is 25.4 Å². The monoisotopic (exact) mass is 382 g/mol. The first-order chi connectivity index (χ1) is 12.8. The number of aromatic amines is 1. The van der Waals surface area contributed by atoms with Gasteiger partial charge >= 0.3 is 12.1 Å². The van der Waals surface area contributed by atoms with E-state index in [-0.39, 0.29) is 29.2 Å². The molecule has 8 nitrogen and oxygen atoms in total. The number of methoxy groups -OCH3 is 1. The van der Waals surface area contributed by atoms with E-state index in [1.54, 1.807) is 12.1 Å². The van der Waals surface area contributed by atoms with E-state index in [4.69, 9.17) is 10.5 Å². The van der Waals surface area contributed by atoms with Crippen molar-refractivity contribution in [1.29, 1.82) is 0 Å². The normalized spacial score (nSPS) is 11.6. The average molecular weight is 382 g/mol. The molecule has 3 heterocycles. The van der Waals surface area contributed by atoms with Crippen LogP contribution in [0, 0.1) is 0 Å². The third-order valence-electron chi connectivity index (χ3n) is 3.64. The number of rotatable bonds is 5. The Morgan fingerprint density at radius 2 is 2.11 bits per heavy atom. The fourth-order valence-electron chi connectivity index (χ4n) is 2.47. The Bertz CT molecular complexity index is 987. The van der Waals surface area contributed by atoms with Gasteiger partial charge in [0.25, 0.3) is 11.5 Å². The van der Waals surface area contributed by atoms with Gasteiger partial charge in [-0.3, -0.25) is 0 Å². The number of aromatic nitrogens is 4. The van der Waals surface area contributed by atoms with Crippen LogP contribution in [0.4, 0.5) is 19.0 Å². The number of pyridine rings is 2. The standard InChI is InChI=1S/C16H14F3N5O3/c1-26-10-7-9(22-12(20)8-10)4-5-13-23-14-11(3-2-6-21-14)24(13)27-15(25)16(17,18)19/h2-3,6-8H,4-5H2,1H3,(H2,20,22)/p+1. The molecule has 142 valence electrons. The van der Waals surface area contributed by atoms with Crippen molar-refractivity contribution in [1.82, 2.24) is 15.0 Å². The number of nitrogens with two attached hydrogens (primary N) is 1. The van der Waals surface area contributed by atoms with E-state index in [9.17, 15) is 18.0 Å². The Morgan fingerprint density at radius 3 is 2.81 bits per heavy atom. The van der Waals surface area contributed by atoms with Crippen molar-refractivity contribution in [2.75, 3.05) is 12.8 Å². The molecule has 0 aliphatic rings. The molecule has 11 heteroatoms. The number of carbonyl (C=O) groups excluding carboxylic acids is 1. The van der Waals surface area contributed by atoms with Gasteiger partial charge in [0.15, 0.2) is 0 Å². The zero-order chi connectivity index (χ0) is 19.6. The van der Waals surface area contributed by atoms with Gasteiger partial charge in [0.1, 0.15) is 11.6 Å². The number of anilines is 1. The molecule has 0 atom stereocenters. The Labute approximate surface area is 150 Å². The molecule has 0 aliphatic heterocycles. The number of nitrogen functional groups attached to an aromatic ring is 1. The van der Waals surface area contributed by atoms with Gasteiger partial charge in [-0.25, -0.2) is 24.6 Å². The third-order valence-corrected chi connectivity index (χ3v) is 3.64. The SMILES string of the molecule is COc1cc(N)nc(CCc2[nH]c3ncccc3[n+]2OC(=O)C(F)(F)F)c1. The predicted molar refractivity (Wildman–Crippen MR) is 86.5 cm³/mol. The van der Waals surface area contributed by atoms with Crippen LogP contribution in [-0.2, 0) is 17.6 Å². The van der Waals surface area contributed by atoms with Gasteiger partial charge in [-0.05, 0) is 16.9 Å². The van der Waals surface area contributed by atoms with Crippen LogP contribution in [0.25, 0.3) is 11.2 Å². The van der Waals surface area contributed by atoms with Crippen molar-refractivity contribution in [3.63, 3.8) is 0 Å². The summed E-state index contributed by atoms with van der Waals surface area (Å²) in [5.41, 5.74) is 6.74. The van der Waals surface area contributed by atoms with Crippen molar-refractivity contribution in [3.8, 4) is 5.75 Å². The number of fused-ring (bicyclic) bond motifs is 1. The summed E-state index contributed by atoms with van der Waals surface area (Å²) in [6.45, 7) is 0. The molecule has 0 bridgehead atoms. The smallest absolute Gasteiger partial charge is 0.495 e. The summed E-state index contributed by atoms with van der Waals surface area (Å²) >= 11 is 0. The number of halogens is 3. The highest BCUT2D eigenvalue weighted by Crippen LogP contribution is 2.17. The summed E-state index contributed by atoms with van der Waals surface area (Å²) in [5, 5.41) is 0. The van der Waals surface area contributed by atoms with Gasteiger partial charge in [-0.15, -0.1) is 0 Å². The van der Waals surface area contributed by atoms with E-state index >= 15 is 0 Å². The van der Waals surface area contributed by atoms with Crippen LogP contribution in [0.15, 0.2) is 30.5 Å². The van der Waals surface area contributed by atoms with Crippen LogP contribution < -0.4 is 20.0 Å². The Kier molecular flexibility index (Phi) is 4.84. The molecule has 3 N–H and O–H groups in total. The molecule has 27 heavy (non-hydrogen) atoms. The molecular formula is C16H15F3N5O3+. The van der Waals surface area contributed by atoms with E-state index in [2.05, 4.69) is 19.8 Å². The molecule has 0 radical (unpaired) electrons. The number of aryl methyl sites for hydroxylation is 2. The van der Waals surface area contributed by atoms with Gasteiger partial charge in [0.2, 0.25) is 5.52 Å². The number of carbonyl (C=O) groups is 1. The second-order valence-electron chi connectivity index (χ2n) is 5.54. The summed E-state index contributed by atoms with van der Waals surface area (Å²) in [6, 6.07) is 6.20. The average Bonchev–Trinajstić information content (AvgIpc) is 2.96. The maximum atomic E-state index is 12.6. The summed E-state index contributed by atoms with van der Waals surface area (Å²) in [5.74, 6) is -1.36. The molecule has 0 saturated carbocycles. The highest BCUT2D eigenvalue weighted by Gasteiger charge is 2.44. The number of hydrogen-bond acceptors (Lipinski definition) is 6. The first-order valence-corrected chi connectivity index (χ1v) is 7.75. The van der Waals surface area contributed by atoms with Gasteiger partial charge in [-0.1, -0.05) is 0 Å². The van der Waals surface area contributed by atoms with Gasteiger partial charge in [0.05, 0.1) is 13.5 Å². The van der Waals surface area contributed by atoms with Gasteiger partial charge in [0, 0.05) is 30.4 Å². The molecule has 0 saturated heterocycles. The number of H-pyrrole nitrogens is 1. The first kappa shape index (κ1) is 18.4. The van der Waals surface area contributed by atoms with Crippen molar-refractivity contribution in [2.24, 2.45) is 0 Å². The molecule has 0 aromatic carbocycles. The van der Waals surface area contributed by atoms with Crippen LogP contribution >= 0.6 is 0 Å². The zero-order valence-electron chi connectivity index (χ0n) is 14.1. The Morgan fingerprint density at radius 1 is 1.33 bits per heavy atom. The summed E-state index contributed by atoms with van der Waals surface area (Å²) in [6.07, 6.45) is -3.18. The molecule has 3 aromatic heterocycles. The number of hydrogen-bond donors (Lipinski definition) is 2. The number of nitrogens with zero attached hydrogens (tertiary/aromatic N) is 3. The lowest BCUT2D eigenvalue weighted by Gasteiger charge is -2.06. The fraction of sp³-hybridized carbons (Fsp3) is 0.250. The minimum atomic E-state index is -5.13. The quantitative estimate of drug-likeness (QED) is 0.641. The molecule has 0 spiro atoms. The summed E-state index contributed by atoms with van der Waals surface area (Å²) < 4.78 is 43.7. The van der Waals surface area contributed by atoms with E-state index in [0.717, 1.165) is 4.73 Å². The third kappa shape index (κ3) is 4.07. The van der Waals surface area contributed by atoms with E-state index in [0.29, 0.717) is 17.9 Å². The van der Waals surface area contributed by atoms with Crippen LogP contribution in [0.5, 0.6) is 5.75 Å². The molecule has 0 unspecified atom stereocenters. The molecule has 3 rings (SSSR count). The maximum Gasteiger partial charge on any atom is 0.495 e. The van der Waals surface area contributed by atoms with Crippen molar-refractivity contribution >= 4 is 23.0 Å². The second kappa shape index (κ2) is 7.09. The van der Waals surface area contributed by atoms with E-state index in [1.807, 2.05) is 0 Å². The van der Waals surface area contributed by atoms with E-state index < -0.39 is 12.1 Å². The predicted octanol–water partition coefficient (Wildman–Crippen LogP) is 1.14. The Balaban J connectivity index is 1.91. The van der Waals surface area contributed by atoms with Gasteiger partial charge in [-0.2, -0.15) is 13.2 Å². The Hall–Kier alpha value is -3.37. The highest BCUT2D eigenvalue weighted by molar-refractivity contribution is 5.75. The van der Waals surface area contributed by atoms with Gasteiger partial charge < -0.3 is 10.5 Å². The second-order valence-corrected chi connectivity index (χ2v) is 5.54. The molecule has 0 aliphatic carbocycles. The molecular weight excluding hydrogens is 367 g/mol. The van der Waals surface area contributed by atoms with Crippen LogP contribution in [-0.4, -0.2) is 34.2 Å². The lowest BCUT2D eigenvalue weighted by Crippen LogP contribution is -2.52. The fourth-order valence-corrected chi connectivity index (χ4v) is 2.47. The number of imidazole rings is 1. The van der Waals surface area contributed by atoms with Crippen molar-refractivity contribution in [3.05, 3.63) is 42.0 Å². The molecule has 0 amide bonds. The topological polar surface area (TPSA) is 107 Å². The molecule has 3 aromatic rings. The largest absolute Gasteiger partial charge is 0.497 e. The van der Waals surface area contributed by atoms with Crippen molar-refractivity contribution < 1.29 is 32.3 Å².